The largest absolute Gasteiger partial charge is 0.493 e. The molecule has 0 fully saturated rings. The molecule has 1 radical (unpaired) electrons. The highest BCUT2D eigenvalue weighted by atomic mass is 16.5. The van der Waals surface area contributed by atoms with Gasteiger partial charge in [-0.2, -0.15) is 0 Å². The lowest BCUT2D eigenvalue weighted by Gasteiger charge is -2.12. The molecule has 0 bridgehead atoms. The van der Waals surface area contributed by atoms with Crippen LogP contribution in [0.2, 0.25) is 0 Å². The van der Waals surface area contributed by atoms with Crippen molar-refractivity contribution < 1.29 is 14.2 Å². The number of hydrogen-bond donors (Lipinski definition) is 0. The fourth-order valence-corrected chi connectivity index (χ4v) is 1.50. The van der Waals surface area contributed by atoms with Crippen molar-refractivity contribution in [3.8, 4) is 23.0 Å². The average molecular weight is 229 g/mol. The van der Waals surface area contributed by atoms with Gasteiger partial charge >= 0.3 is 0 Å². The third kappa shape index (κ3) is 2.50. The van der Waals surface area contributed by atoms with Gasteiger partial charge in [0.05, 0.1) is 14.2 Å². The lowest BCUT2D eigenvalue weighted by atomic mass is 10.3. The number of methoxy groups -OCH3 is 2. The lowest BCUT2D eigenvalue weighted by Crippen LogP contribution is -1.93. The Balaban J connectivity index is 2.33. The van der Waals surface area contributed by atoms with Gasteiger partial charge in [0.15, 0.2) is 11.5 Å². The zero-order valence-electron chi connectivity index (χ0n) is 9.77. The summed E-state index contributed by atoms with van der Waals surface area (Å²) in [6.07, 6.45) is 0. The van der Waals surface area contributed by atoms with E-state index in [1.54, 1.807) is 26.4 Å². The van der Waals surface area contributed by atoms with Gasteiger partial charge in [0, 0.05) is 0 Å². The van der Waals surface area contributed by atoms with E-state index in [0.717, 1.165) is 5.75 Å². The predicted molar refractivity (Wildman–Crippen MR) is 64.9 cm³/mol. The van der Waals surface area contributed by atoms with Crippen molar-refractivity contribution in [1.29, 1.82) is 0 Å². The molecule has 0 unspecified atom stereocenters. The fraction of sp³-hybridized carbons (Fsp3) is 0.143. The molecule has 0 aliphatic rings. The van der Waals surface area contributed by atoms with Crippen LogP contribution in [-0.4, -0.2) is 14.2 Å². The minimum absolute atomic E-state index is 0.586. The quantitative estimate of drug-likeness (QED) is 0.805. The molecule has 0 amide bonds. The molecule has 0 aliphatic heterocycles. The van der Waals surface area contributed by atoms with E-state index in [1.165, 1.54) is 0 Å². The van der Waals surface area contributed by atoms with E-state index < -0.39 is 0 Å². The molecule has 0 aromatic heterocycles. The summed E-state index contributed by atoms with van der Waals surface area (Å²) in [4.78, 5) is 0. The van der Waals surface area contributed by atoms with E-state index in [9.17, 15) is 0 Å². The minimum Gasteiger partial charge on any atom is -0.493 e. The standard InChI is InChI=1S/C14H13O3/c1-15-12-9-6-10-13(14(12)16-2)17-11-7-4-3-5-8-11/h4-10H,1-2H3. The first-order valence-corrected chi connectivity index (χ1v) is 5.20. The number of ether oxygens (including phenoxy) is 3. The van der Waals surface area contributed by atoms with Crippen molar-refractivity contribution in [3.05, 3.63) is 48.5 Å². The third-order valence-electron chi connectivity index (χ3n) is 2.28. The molecule has 0 saturated heterocycles. The van der Waals surface area contributed by atoms with Crippen LogP contribution >= 0.6 is 0 Å². The normalized spacial score (nSPS) is 9.76. The summed E-state index contributed by atoms with van der Waals surface area (Å²) in [5.74, 6) is 2.59. The van der Waals surface area contributed by atoms with E-state index in [2.05, 4.69) is 6.07 Å². The molecule has 0 N–H and O–H groups in total. The van der Waals surface area contributed by atoms with E-state index in [1.807, 2.05) is 30.3 Å². The Morgan fingerprint density at radius 1 is 0.882 bits per heavy atom. The van der Waals surface area contributed by atoms with Crippen LogP contribution in [-0.2, 0) is 0 Å². The Kier molecular flexibility index (Phi) is 3.50. The number of benzene rings is 2. The summed E-state index contributed by atoms with van der Waals surface area (Å²) in [6.45, 7) is 0. The maximum atomic E-state index is 5.72. The molecule has 0 atom stereocenters. The molecule has 0 aliphatic carbocycles. The van der Waals surface area contributed by atoms with Crippen LogP contribution in [0.1, 0.15) is 0 Å². The molecule has 0 spiro atoms. The molecule has 87 valence electrons. The van der Waals surface area contributed by atoms with Gasteiger partial charge in [-0.25, -0.2) is 0 Å². The van der Waals surface area contributed by atoms with Crippen molar-refractivity contribution >= 4 is 0 Å². The van der Waals surface area contributed by atoms with Gasteiger partial charge in [-0.15, -0.1) is 0 Å². The Bertz CT molecular complexity index is 480. The number of hydrogen-bond acceptors (Lipinski definition) is 3. The Morgan fingerprint density at radius 3 is 2.24 bits per heavy atom. The van der Waals surface area contributed by atoms with Crippen LogP contribution < -0.4 is 14.2 Å². The van der Waals surface area contributed by atoms with E-state index in [0.29, 0.717) is 17.2 Å². The summed E-state index contributed by atoms with van der Waals surface area (Å²) in [5.41, 5.74) is 0. The maximum Gasteiger partial charge on any atom is 0.203 e. The van der Waals surface area contributed by atoms with Crippen molar-refractivity contribution in [2.75, 3.05) is 14.2 Å². The van der Waals surface area contributed by atoms with Crippen molar-refractivity contribution in [2.45, 2.75) is 0 Å². The zero-order valence-corrected chi connectivity index (χ0v) is 9.77. The maximum absolute atomic E-state index is 5.72. The molecule has 0 heterocycles. The second-order valence-corrected chi connectivity index (χ2v) is 3.33. The summed E-state index contributed by atoms with van der Waals surface area (Å²) >= 11 is 0. The molecule has 17 heavy (non-hydrogen) atoms. The van der Waals surface area contributed by atoms with Gasteiger partial charge in [0.25, 0.3) is 0 Å². The van der Waals surface area contributed by atoms with E-state index in [4.69, 9.17) is 14.2 Å². The lowest BCUT2D eigenvalue weighted by molar-refractivity contribution is 0.336. The average Bonchev–Trinajstić information content (AvgIpc) is 2.39. The summed E-state index contributed by atoms with van der Waals surface area (Å²) in [6, 6.07) is 15.7. The first-order valence-electron chi connectivity index (χ1n) is 5.20. The van der Waals surface area contributed by atoms with Gasteiger partial charge in [0.1, 0.15) is 5.75 Å². The highest BCUT2D eigenvalue weighted by Gasteiger charge is 2.10. The number of para-hydroxylation sites is 1. The van der Waals surface area contributed by atoms with Crippen LogP contribution in [0.15, 0.2) is 42.5 Å². The first-order chi connectivity index (χ1) is 8.35. The summed E-state index contributed by atoms with van der Waals surface area (Å²) in [5, 5.41) is 0. The molecule has 3 heteroatoms. The molecule has 3 nitrogen and oxygen atoms in total. The summed E-state index contributed by atoms with van der Waals surface area (Å²) in [7, 11) is 3.18. The second-order valence-electron chi connectivity index (χ2n) is 3.33. The zero-order chi connectivity index (χ0) is 12.1. The highest BCUT2D eigenvalue weighted by molar-refractivity contribution is 5.52. The summed E-state index contributed by atoms with van der Waals surface area (Å²) < 4.78 is 16.2. The monoisotopic (exact) mass is 229 g/mol. The smallest absolute Gasteiger partial charge is 0.203 e. The van der Waals surface area contributed by atoms with Crippen LogP contribution in [0, 0.1) is 6.07 Å². The molecule has 2 rings (SSSR count). The Morgan fingerprint density at radius 2 is 1.59 bits per heavy atom. The highest BCUT2D eigenvalue weighted by Crippen LogP contribution is 2.38. The fourth-order valence-electron chi connectivity index (χ4n) is 1.50. The van der Waals surface area contributed by atoms with Crippen molar-refractivity contribution in [2.24, 2.45) is 0 Å². The van der Waals surface area contributed by atoms with E-state index >= 15 is 0 Å². The SMILES string of the molecule is COc1cccc(Oc2cc[c]cc2)c1OC. The predicted octanol–water partition coefficient (Wildman–Crippen LogP) is 3.30. The number of rotatable bonds is 4. The van der Waals surface area contributed by atoms with Crippen LogP contribution in [0.5, 0.6) is 23.0 Å². The molecule has 2 aromatic carbocycles. The third-order valence-corrected chi connectivity index (χ3v) is 2.28. The van der Waals surface area contributed by atoms with Crippen molar-refractivity contribution in [1.82, 2.24) is 0 Å². The van der Waals surface area contributed by atoms with Gasteiger partial charge in [0.2, 0.25) is 5.75 Å². The Hall–Kier alpha value is -2.16. The van der Waals surface area contributed by atoms with Gasteiger partial charge in [-0.3, -0.25) is 0 Å². The van der Waals surface area contributed by atoms with Crippen LogP contribution in [0.3, 0.4) is 0 Å². The van der Waals surface area contributed by atoms with Crippen LogP contribution in [0.25, 0.3) is 0 Å². The van der Waals surface area contributed by atoms with Crippen LogP contribution in [0.4, 0.5) is 0 Å². The molecule has 2 aromatic rings. The van der Waals surface area contributed by atoms with Crippen molar-refractivity contribution in [3.63, 3.8) is 0 Å². The second kappa shape index (κ2) is 5.25. The molecular formula is C14H13O3. The molecular weight excluding hydrogens is 216 g/mol. The van der Waals surface area contributed by atoms with Gasteiger partial charge in [-0.05, 0) is 30.3 Å². The van der Waals surface area contributed by atoms with Gasteiger partial charge < -0.3 is 14.2 Å². The molecule has 0 saturated carbocycles. The van der Waals surface area contributed by atoms with E-state index in [-0.39, 0.29) is 0 Å². The first kappa shape index (κ1) is 11.3. The Labute approximate surface area is 101 Å². The topological polar surface area (TPSA) is 27.7 Å². The minimum atomic E-state index is 0.586. The van der Waals surface area contributed by atoms with Gasteiger partial charge in [-0.1, -0.05) is 18.2 Å².